The molecule has 3 rings (SSSR count). The summed E-state index contributed by atoms with van der Waals surface area (Å²) in [6.45, 7) is 9.38. The predicted molar refractivity (Wildman–Crippen MR) is 112 cm³/mol. The summed E-state index contributed by atoms with van der Waals surface area (Å²) in [6, 6.07) is 0. The normalized spacial score (nSPS) is 13.7. The van der Waals surface area contributed by atoms with Gasteiger partial charge in [0, 0.05) is 39.8 Å². The maximum atomic E-state index is 12.8. The van der Waals surface area contributed by atoms with Crippen molar-refractivity contribution in [2.24, 2.45) is 7.05 Å². The van der Waals surface area contributed by atoms with E-state index < -0.39 is 17.8 Å². The Morgan fingerprint density at radius 2 is 1.88 bits per heavy atom. The third-order valence-corrected chi connectivity index (χ3v) is 4.58. The lowest BCUT2D eigenvalue weighted by Crippen LogP contribution is -2.44. The summed E-state index contributed by atoms with van der Waals surface area (Å²) in [4.78, 5) is 40.9. The van der Waals surface area contributed by atoms with Gasteiger partial charge in [0.25, 0.3) is 5.56 Å². The number of aromatic nitrogens is 4. The van der Waals surface area contributed by atoms with Gasteiger partial charge >= 0.3 is 17.8 Å². The zero-order valence-corrected chi connectivity index (χ0v) is 17.6. The zero-order chi connectivity index (χ0) is 24.1. The molecule has 1 saturated heterocycles. The van der Waals surface area contributed by atoms with E-state index in [2.05, 4.69) is 33.6 Å². The van der Waals surface area contributed by atoms with Crippen LogP contribution in [0.1, 0.15) is 6.92 Å². The maximum Gasteiger partial charge on any atom is 0.490 e. The number of alkyl halides is 3. The van der Waals surface area contributed by atoms with Crippen LogP contribution in [0, 0.1) is 11.8 Å². The molecular weight excluding hydrogens is 433 g/mol. The summed E-state index contributed by atoms with van der Waals surface area (Å²) in [6.07, 6.45) is -3.46. The summed E-state index contributed by atoms with van der Waals surface area (Å²) >= 11 is 0. The first-order chi connectivity index (χ1) is 15.0. The van der Waals surface area contributed by atoms with Crippen LogP contribution in [0.15, 0.2) is 22.2 Å². The van der Waals surface area contributed by atoms with Crippen molar-refractivity contribution in [3.63, 3.8) is 0 Å². The molecule has 2 aromatic rings. The van der Waals surface area contributed by atoms with Gasteiger partial charge in [-0.25, -0.2) is 9.59 Å². The van der Waals surface area contributed by atoms with Crippen molar-refractivity contribution in [2.45, 2.75) is 26.2 Å². The monoisotopic (exact) mass is 456 g/mol. The van der Waals surface area contributed by atoms with Gasteiger partial charge in [-0.15, -0.1) is 12.5 Å². The van der Waals surface area contributed by atoms with Crippen LogP contribution >= 0.6 is 0 Å². The molecule has 3 heterocycles. The van der Waals surface area contributed by atoms with Crippen LogP contribution in [0.3, 0.4) is 0 Å². The summed E-state index contributed by atoms with van der Waals surface area (Å²) in [5, 5.41) is 10.4. The van der Waals surface area contributed by atoms with Crippen molar-refractivity contribution in [2.75, 3.05) is 31.1 Å². The lowest BCUT2D eigenvalue weighted by molar-refractivity contribution is -0.192. The van der Waals surface area contributed by atoms with Gasteiger partial charge in [0.1, 0.15) is 0 Å². The van der Waals surface area contributed by atoms with Crippen LogP contribution in [0.25, 0.3) is 11.2 Å². The summed E-state index contributed by atoms with van der Waals surface area (Å²) in [5.41, 5.74) is 0.0438. The van der Waals surface area contributed by atoms with Gasteiger partial charge in [0.15, 0.2) is 11.2 Å². The number of fused-ring (bicyclic) bond motifs is 1. The van der Waals surface area contributed by atoms with Gasteiger partial charge in [-0.2, -0.15) is 18.2 Å². The number of nitrogens with one attached hydrogen (secondary N) is 1. The van der Waals surface area contributed by atoms with Crippen LogP contribution in [0.5, 0.6) is 0 Å². The Morgan fingerprint density at radius 3 is 2.38 bits per heavy atom. The number of halogens is 3. The molecule has 2 N–H and O–H groups in total. The van der Waals surface area contributed by atoms with Crippen molar-refractivity contribution in [1.82, 2.24) is 24.0 Å². The van der Waals surface area contributed by atoms with E-state index >= 15 is 0 Å². The van der Waals surface area contributed by atoms with Gasteiger partial charge in [0.05, 0.1) is 6.54 Å². The average Bonchev–Trinajstić information content (AvgIpc) is 3.13. The molecule has 0 amide bonds. The second-order valence-electron chi connectivity index (χ2n) is 6.68. The lowest BCUT2D eigenvalue weighted by Gasteiger charge is -2.28. The number of hydrogen-bond donors (Lipinski definition) is 2. The fourth-order valence-electron chi connectivity index (χ4n) is 3.05. The number of carbonyl (C=O) groups is 1. The number of aliphatic carboxylic acids is 1. The molecular formula is C19H23F3N6O4. The Bertz CT molecular complexity index is 1180. The molecule has 174 valence electrons. The second kappa shape index (κ2) is 10.2. The summed E-state index contributed by atoms with van der Waals surface area (Å²) in [7, 11) is 1.48. The highest BCUT2D eigenvalue weighted by atomic mass is 19.4. The molecule has 1 fully saturated rings. The largest absolute Gasteiger partial charge is 0.490 e. The van der Waals surface area contributed by atoms with E-state index in [1.54, 1.807) is 13.0 Å². The summed E-state index contributed by atoms with van der Waals surface area (Å²) in [5.74, 6) is 3.80. The molecule has 1 aliphatic heterocycles. The van der Waals surface area contributed by atoms with Crippen molar-refractivity contribution in [3.05, 3.63) is 33.5 Å². The van der Waals surface area contributed by atoms with E-state index in [4.69, 9.17) is 9.90 Å². The number of rotatable bonds is 4. The van der Waals surface area contributed by atoms with E-state index in [0.717, 1.165) is 30.7 Å². The van der Waals surface area contributed by atoms with Gasteiger partial charge in [0.2, 0.25) is 5.95 Å². The highest BCUT2D eigenvalue weighted by Gasteiger charge is 2.38. The Kier molecular flexibility index (Phi) is 7.87. The van der Waals surface area contributed by atoms with Crippen molar-refractivity contribution in [3.8, 4) is 11.8 Å². The number of carboxylic acids is 1. The van der Waals surface area contributed by atoms with E-state index in [-0.39, 0.29) is 5.56 Å². The smallest absolute Gasteiger partial charge is 0.475 e. The topological polar surface area (TPSA) is 114 Å². The predicted octanol–water partition coefficient (Wildman–Crippen LogP) is 0.149. The van der Waals surface area contributed by atoms with Crippen molar-refractivity contribution >= 4 is 23.1 Å². The van der Waals surface area contributed by atoms with E-state index in [9.17, 15) is 22.8 Å². The minimum absolute atomic E-state index is 0.293. The second-order valence-corrected chi connectivity index (χ2v) is 6.68. The highest BCUT2D eigenvalue weighted by molar-refractivity contribution is 5.75. The van der Waals surface area contributed by atoms with Crippen LogP contribution in [0.2, 0.25) is 0 Å². The molecule has 0 atom stereocenters. The molecule has 10 nitrogen and oxygen atoms in total. The SMILES string of the molecule is C=CCn1c(=O)n(C)c(=O)c2c1nc(N1CCNCC1)n2CC#CC.O=C(O)C(F)(F)F. The molecule has 32 heavy (non-hydrogen) atoms. The van der Waals surface area contributed by atoms with E-state index in [1.165, 1.54) is 11.6 Å². The number of piperazine rings is 1. The Morgan fingerprint density at radius 1 is 1.28 bits per heavy atom. The third kappa shape index (κ3) is 5.20. The minimum atomic E-state index is -5.08. The zero-order valence-electron chi connectivity index (χ0n) is 17.6. The van der Waals surface area contributed by atoms with Crippen LogP contribution in [0.4, 0.5) is 19.1 Å². The van der Waals surface area contributed by atoms with Crippen LogP contribution < -0.4 is 21.5 Å². The number of carboxylic acid groups (broad SMARTS) is 1. The number of imidazole rings is 1. The van der Waals surface area contributed by atoms with E-state index in [0.29, 0.717) is 30.2 Å². The number of hydrogen-bond acceptors (Lipinski definition) is 6. The number of anilines is 1. The van der Waals surface area contributed by atoms with E-state index in [1.807, 2.05) is 4.57 Å². The molecule has 1 aliphatic rings. The number of allylic oxidation sites excluding steroid dienone is 1. The molecule has 0 aromatic carbocycles. The molecule has 2 aromatic heterocycles. The Balaban J connectivity index is 0.000000451. The molecule has 0 aliphatic carbocycles. The Labute approximate surface area is 180 Å². The molecule has 0 bridgehead atoms. The fraction of sp³-hybridized carbons (Fsp3) is 0.474. The molecule has 0 saturated carbocycles. The highest BCUT2D eigenvalue weighted by Crippen LogP contribution is 2.20. The van der Waals surface area contributed by atoms with Gasteiger partial charge < -0.3 is 15.3 Å². The minimum Gasteiger partial charge on any atom is -0.475 e. The van der Waals surface area contributed by atoms with Gasteiger partial charge in [-0.3, -0.25) is 18.5 Å². The third-order valence-electron chi connectivity index (χ3n) is 4.58. The first-order valence-corrected chi connectivity index (χ1v) is 9.50. The van der Waals surface area contributed by atoms with Crippen LogP contribution in [-0.2, 0) is 24.9 Å². The molecule has 0 spiro atoms. The van der Waals surface area contributed by atoms with Crippen LogP contribution in [-0.4, -0.2) is 62.1 Å². The standard InChI is InChI=1S/C17H22N6O2.C2HF3O2/c1-4-6-10-22-13-14(19-16(22)21-11-7-18-8-12-21)23(9-5-2)17(25)20(3)15(13)24;3-2(4,5)1(6)7/h5,18H,2,7-12H2,1,3H3;(H,6,7). The molecule has 13 heteroatoms. The van der Waals surface area contributed by atoms with Crippen molar-refractivity contribution in [1.29, 1.82) is 0 Å². The van der Waals surface area contributed by atoms with Gasteiger partial charge in [-0.05, 0) is 6.92 Å². The first-order valence-electron chi connectivity index (χ1n) is 9.50. The lowest BCUT2D eigenvalue weighted by atomic mass is 10.4. The quantitative estimate of drug-likeness (QED) is 0.497. The number of nitrogens with zero attached hydrogens (tertiary/aromatic N) is 5. The fourth-order valence-corrected chi connectivity index (χ4v) is 3.05. The maximum absolute atomic E-state index is 12.8. The average molecular weight is 456 g/mol. The Hall–Kier alpha value is -3.53. The molecule has 0 radical (unpaired) electrons. The summed E-state index contributed by atoms with van der Waals surface area (Å²) < 4.78 is 36.1. The van der Waals surface area contributed by atoms with Crippen molar-refractivity contribution < 1.29 is 23.1 Å². The first kappa shape index (κ1) is 24.7. The molecule has 0 unspecified atom stereocenters. The van der Waals surface area contributed by atoms with Gasteiger partial charge in [-0.1, -0.05) is 12.0 Å².